The van der Waals surface area contributed by atoms with Gasteiger partial charge in [0.1, 0.15) is 29.3 Å². The van der Waals surface area contributed by atoms with Gasteiger partial charge in [-0.05, 0) is 31.5 Å². The minimum Gasteiger partial charge on any atom is -0.491 e. The van der Waals surface area contributed by atoms with E-state index >= 15 is 0 Å². The summed E-state index contributed by atoms with van der Waals surface area (Å²) in [5.41, 5.74) is 1.97. The molecule has 0 atom stereocenters. The number of para-hydroxylation sites is 1. The number of nitrogens with zero attached hydrogens (tertiary/aromatic N) is 4. The Bertz CT molecular complexity index is 1130. The SMILES string of the molecule is Cc1c(C(=O)N2CCOc3ccccc3C2)sc2ncnc(NCCCN3CCOCC3)c12. The van der Waals surface area contributed by atoms with E-state index in [-0.39, 0.29) is 5.91 Å². The summed E-state index contributed by atoms with van der Waals surface area (Å²) in [6.07, 6.45) is 2.60. The molecule has 8 nitrogen and oxygen atoms in total. The fraction of sp³-hybridized carbons (Fsp3) is 0.458. The zero-order valence-electron chi connectivity index (χ0n) is 18.9. The lowest BCUT2D eigenvalue weighted by Crippen LogP contribution is -2.37. The molecule has 33 heavy (non-hydrogen) atoms. The van der Waals surface area contributed by atoms with Crippen LogP contribution in [0.25, 0.3) is 10.2 Å². The Morgan fingerprint density at radius 1 is 1.15 bits per heavy atom. The highest BCUT2D eigenvalue weighted by Crippen LogP contribution is 2.34. The first-order valence-electron chi connectivity index (χ1n) is 11.5. The molecule has 0 saturated carbocycles. The summed E-state index contributed by atoms with van der Waals surface area (Å²) in [4.78, 5) is 28.3. The maximum atomic E-state index is 13.5. The third kappa shape index (κ3) is 4.80. The number of nitrogens with one attached hydrogen (secondary N) is 1. The van der Waals surface area contributed by atoms with Crippen molar-refractivity contribution in [1.82, 2.24) is 19.8 Å². The van der Waals surface area contributed by atoms with Crippen molar-refractivity contribution in [2.75, 3.05) is 57.9 Å². The van der Waals surface area contributed by atoms with Crippen molar-refractivity contribution >= 4 is 33.3 Å². The van der Waals surface area contributed by atoms with Crippen LogP contribution >= 0.6 is 11.3 Å². The van der Waals surface area contributed by atoms with Crippen molar-refractivity contribution in [2.45, 2.75) is 19.9 Å². The fourth-order valence-electron chi connectivity index (χ4n) is 4.39. The first kappa shape index (κ1) is 22.1. The van der Waals surface area contributed by atoms with Gasteiger partial charge in [-0.15, -0.1) is 11.3 Å². The average molecular weight is 468 g/mol. The highest BCUT2D eigenvalue weighted by molar-refractivity contribution is 7.20. The van der Waals surface area contributed by atoms with E-state index in [0.29, 0.717) is 19.7 Å². The van der Waals surface area contributed by atoms with Gasteiger partial charge in [0.25, 0.3) is 5.91 Å². The molecule has 174 valence electrons. The standard InChI is InChI=1S/C24H29N5O3S/c1-17-20-22(25-7-4-8-28-9-12-31-13-10-28)26-16-27-23(20)33-21(17)24(30)29-11-14-32-19-6-3-2-5-18(19)15-29/h2-3,5-6,16H,4,7-15H2,1H3,(H,25,26,27). The first-order valence-corrected chi connectivity index (χ1v) is 12.3. The molecule has 0 aliphatic carbocycles. The number of anilines is 1. The Hall–Kier alpha value is -2.75. The summed E-state index contributed by atoms with van der Waals surface area (Å²) >= 11 is 1.44. The molecule has 2 aliphatic rings. The molecule has 0 spiro atoms. The van der Waals surface area contributed by atoms with Crippen LogP contribution in [0.3, 0.4) is 0 Å². The van der Waals surface area contributed by atoms with Crippen molar-refractivity contribution in [2.24, 2.45) is 0 Å². The zero-order valence-corrected chi connectivity index (χ0v) is 19.7. The first-order chi connectivity index (χ1) is 16.2. The lowest BCUT2D eigenvalue weighted by molar-refractivity contribution is 0.0378. The molecule has 5 rings (SSSR count). The minimum atomic E-state index is 0.0223. The third-order valence-corrected chi connectivity index (χ3v) is 7.40. The fourth-order valence-corrected chi connectivity index (χ4v) is 5.50. The Labute approximate surface area is 197 Å². The molecule has 2 aromatic heterocycles. The topological polar surface area (TPSA) is 79.8 Å². The van der Waals surface area contributed by atoms with Gasteiger partial charge in [-0.3, -0.25) is 9.69 Å². The van der Waals surface area contributed by atoms with Crippen molar-refractivity contribution in [1.29, 1.82) is 0 Å². The van der Waals surface area contributed by atoms with E-state index in [1.54, 1.807) is 6.33 Å². The van der Waals surface area contributed by atoms with E-state index in [9.17, 15) is 4.79 Å². The van der Waals surface area contributed by atoms with Gasteiger partial charge in [0.2, 0.25) is 0 Å². The summed E-state index contributed by atoms with van der Waals surface area (Å²) in [6.45, 7) is 9.08. The molecule has 1 aromatic carbocycles. The number of ether oxygens (including phenoxy) is 2. The number of carbonyl (C=O) groups excluding carboxylic acids is 1. The van der Waals surface area contributed by atoms with Crippen LogP contribution < -0.4 is 10.1 Å². The number of amides is 1. The van der Waals surface area contributed by atoms with Crippen LogP contribution in [-0.4, -0.2) is 78.2 Å². The number of aromatic nitrogens is 2. The van der Waals surface area contributed by atoms with Crippen LogP contribution in [0.5, 0.6) is 5.75 Å². The van der Waals surface area contributed by atoms with Crippen molar-refractivity contribution in [3.05, 3.63) is 46.6 Å². The number of carbonyl (C=O) groups is 1. The van der Waals surface area contributed by atoms with Crippen LogP contribution in [0.2, 0.25) is 0 Å². The van der Waals surface area contributed by atoms with Gasteiger partial charge < -0.3 is 19.7 Å². The molecule has 0 radical (unpaired) electrons. The molecule has 0 bridgehead atoms. The predicted molar refractivity (Wildman–Crippen MR) is 129 cm³/mol. The van der Waals surface area contributed by atoms with Crippen LogP contribution in [-0.2, 0) is 11.3 Å². The number of benzene rings is 1. The van der Waals surface area contributed by atoms with Crippen molar-refractivity contribution in [3.8, 4) is 5.75 Å². The monoisotopic (exact) mass is 467 g/mol. The van der Waals surface area contributed by atoms with E-state index in [0.717, 1.165) is 83.6 Å². The molecule has 1 N–H and O–H groups in total. The lowest BCUT2D eigenvalue weighted by atomic mass is 10.1. The van der Waals surface area contributed by atoms with Gasteiger partial charge in [0.15, 0.2) is 0 Å². The summed E-state index contributed by atoms with van der Waals surface area (Å²) < 4.78 is 11.3. The highest BCUT2D eigenvalue weighted by atomic mass is 32.1. The Morgan fingerprint density at radius 3 is 2.88 bits per heavy atom. The molecule has 2 aliphatic heterocycles. The molecular weight excluding hydrogens is 438 g/mol. The zero-order chi connectivity index (χ0) is 22.6. The summed E-state index contributed by atoms with van der Waals surface area (Å²) in [7, 11) is 0. The van der Waals surface area contributed by atoms with Crippen molar-refractivity contribution < 1.29 is 14.3 Å². The summed E-state index contributed by atoms with van der Waals surface area (Å²) in [6, 6.07) is 7.91. The van der Waals surface area contributed by atoms with Crippen LogP contribution in [0, 0.1) is 6.92 Å². The Balaban J connectivity index is 1.30. The van der Waals surface area contributed by atoms with Crippen molar-refractivity contribution in [3.63, 3.8) is 0 Å². The number of fused-ring (bicyclic) bond motifs is 2. The molecule has 4 heterocycles. The normalized spacial score (nSPS) is 16.8. The van der Waals surface area contributed by atoms with E-state index in [1.165, 1.54) is 11.3 Å². The second-order valence-electron chi connectivity index (χ2n) is 8.38. The van der Waals surface area contributed by atoms with Crippen LogP contribution in [0.15, 0.2) is 30.6 Å². The van der Waals surface area contributed by atoms with E-state index < -0.39 is 0 Å². The second-order valence-corrected chi connectivity index (χ2v) is 9.37. The van der Waals surface area contributed by atoms with Gasteiger partial charge in [-0.2, -0.15) is 0 Å². The maximum Gasteiger partial charge on any atom is 0.264 e. The number of aryl methyl sites for hydroxylation is 1. The minimum absolute atomic E-state index is 0.0223. The van der Waals surface area contributed by atoms with Gasteiger partial charge >= 0.3 is 0 Å². The number of rotatable bonds is 6. The Morgan fingerprint density at radius 2 is 2.00 bits per heavy atom. The molecule has 1 amide bonds. The lowest BCUT2D eigenvalue weighted by Gasteiger charge is -2.26. The average Bonchev–Trinajstić information content (AvgIpc) is 3.04. The Kier molecular flexibility index (Phi) is 6.70. The molecule has 3 aromatic rings. The molecule has 9 heteroatoms. The van der Waals surface area contributed by atoms with Gasteiger partial charge in [-0.25, -0.2) is 9.97 Å². The summed E-state index contributed by atoms with van der Waals surface area (Å²) in [5, 5.41) is 4.42. The molecule has 1 saturated heterocycles. The second kappa shape index (κ2) is 10.0. The quantitative estimate of drug-likeness (QED) is 0.558. The number of thiophene rings is 1. The van der Waals surface area contributed by atoms with Gasteiger partial charge in [-0.1, -0.05) is 18.2 Å². The number of hydrogen-bond acceptors (Lipinski definition) is 8. The smallest absolute Gasteiger partial charge is 0.264 e. The van der Waals surface area contributed by atoms with Gasteiger partial charge in [0.05, 0.1) is 30.0 Å². The maximum absolute atomic E-state index is 13.5. The molecule has 0 unspecified atom stereocenters. The van der Waals surface area contributed by atoms with E-state index in [1.807, 2.05) is 36.1 Å². The molecule has 1 fully saturated rings. The largest absolute Gasteiger partial charge is 0.491 e. The van der Waals surface area contributed by atoms with E-state index in [2.05, 4.69) is 20.2 Å². The molecular formula is C24H29N5O3S. The number of morpholine rings is 1. The summed E-state index contributed by atoms with van der Waals surface area (Å²) in [5.74, 6) is 1.68. The van der Waals surface area contributed by atoms with E-state index in [4.69, 9.17) is 9.47 Å². The highest BCUT2D eigenvalue weighted by Gasteiger charge is 2.26. The van der Waals surface area contributed by atoms with Crippen LogP contribution in [0.4, 0.5) is 5.82 Å². The van der Waals surface area contributed by atoms with Crippen LogP contribution in [0.1, 0.15) is 27.2 Å². The number of hydrogen-bond donors (Lipinski definition) is 1. The van der Waals surface area contributed by atoms with Gasteiger partial charge in [0, 0.05) is 31.7 Å². The third-order valence-electron chi connectivity index (χ3n) is 6.21. The predicted octanol–water partition coefficient (Wildman–Crippen LogP) is 3.17.